The van der Waals surface area contributed by atoms with Crippen LogP contribution in [0.25, 0.3) is 11.3 Å². The van der Waals surface area contributed by atoms with E-state index >= 15 is 0 Å². The van der Waals surface area contributed by atoms with E-state index in [4.69, 9.17) is 0 Å². The van der Waals surface area contributed by atoms with E-state index in [-0.39, 0.29) is 23.8 Å². The van der Waals surface area contributed by atoms with Crippen LogP contribution in [0.15, 0.2) is 59.7 Å². The number of anilines is 1. The lowest BCUT2D eigenvalue weighted by molar-refractivity contribution is -0.116. The molecular formula is C18H15FN4O2. The molecule has 0 atom stereocenters. The van der Waals surface area contributed by atoms with Gasteiger partial charge in [-0.1, -0.05) is 6.07 Å². The first kappa shape index (κ1) is 16.5. The predicted molar refractivity (Wildman–Crippen MR) is 91.5 cm³/mol. The Hall–Kier alpha value is -3.35. The fraction of sp³-hybridized carbons (Fsp3) is 0.111. The lowest BCUT2D eigenvalue weighted by Gasteiger charge is -2.08. The van der Waals surface area contributed by atoms with E-state index in [1.807, 2.05) is 13.0 Å². The van der Waals surface area contributed by atoms with Gasteiger partial charge in [-0.05, 0) is 43.3 Å². The Morgan fingerprint density at radius 2 is 1.96 bits per heavy atom. The van der Waals surface area contributed by atoms with Crippen LogP contribution in [0, 0.1) is 12.7 Å². The van der Waals surface area contributed by atoms with Crippen LogP contribution in [0.3, 0.4) is 0 Å². The van der Waals surface area contributed by atoms with E-state index < -0.39 is 0 Å². The highest BCUT2D eigenvalue weighted by atomic mass is 19.1. The minimum Gasteiger partial charge on any atom is -0.309 e. The molecule has 0 aliphatic heterocycles. The van der Waals surface area contributed by atoms with E-state index in [1.165, 1.54) is 41.2 Å². The summed E-state index contributed by atoms with van der Waals surface area (Å²) in [6.45, 7) is 1.64. The van der Waals surface area contributed by atoms with Gasteiger partial charge in [0, 0.05) is 17.3 Å². The lowest BCUT2D eigenvalue weighted by Crippen LogP contribution is -2.27. The fourth-order valence-corrected chi connectivity index (χ4v) is 2.27. The maximum Gasteiger partial charge on any atom is 0.254 e. The van der Waals surface area contributed by atoms with Crippen LogP contribution >= 0.6 is 0 Å². The molecule has 0 unspecified atom stereocenters. The van der Waals surface area contributed by atoms with Gasteiger partial charge in [0.2, 0.25) is 5.91 Å². The van der Waals surface area contributed by atoms with E-state index in [1.54, 1.807) is 12.1 Å². The molecule has 0 spiro atoms. The number of pyridine rings is 1. The Kier molecular flexibility index (Phi) is 4.65. The number of nitrogens with zero attached hydrogens (tertiary/aromatic N) is 3. The zero-order chi connectivity index (χ0) is 17.8. The van der Waals surface area contributed by atoms with Gasteiger partial charge in [-0.2, -0.15) is 0 Å². The van der Waals surface area contributed by atoms with Crippen LogP contribution in [0.4, 0.5) is 10.2 Å². The number of carbonyl (C=O) groups is 1. The van der Waals surface area contributed by atoms with E-state index in [2.05, 4.69) is 15.3 Å². The van der Waals surface area contributed by atoms with Crippen molar-refractivity contribution in [3.63, 3.8) is 0 Å². The summed E-state index contributed by atoms with van der Waals surface area (Å²) in [6, 6.07) is 12.3. The van der Waals surface area contributed by atoms with Gasteiger partial charge < -0.3 is 5.32 Å². The van der Waals surface area contributed by atoms with Crippen LogP contribution in [-0.2, 0) is 11.3 Å². The summed E-state index contributed by atoms with van der Waals surface area (Å²) >= 11 is 0. The first-order valence-electron chi connectivity index (χ1n) is 7.57. The highest BCUT2D eigenvalue weighted by molar-refractivity contribution is 5.89. The number of carbonyl (C=O) groups excluding carboxylic acids is 1. The van der Waals surface area contributed by atoms with Gasteiger partial charge >= 0.3 is 0 Å². The SMILES string of the molecule is Cc1cccc(NC(=O)Cn2cnc(-c3ccc(F)cc3)cc2=O)n1. The van der Waals surface area contributed by atoms with Crippen molar-refractivity contribution in [2.45, 2.75) is 13.5 Å². The zero-order valence-corrected chi connectivity index (χ0v) is 13.4. The summed E-state index contributed by atoms with van der Waals surface area (Å²) in [5, 5.41) is 2.63. The number of amides is 1. The first-order chi connectivity index (χ1) is 12.0. The Labute approximate surface area is 143 Å². The van der Waals surface area contributed by atoms with Gasteiger partial charge in [0.25, 0.3) is 5.56 Å². The van der Waals surface area contributed by atoms with Gasteiger partial charge in [0.05, 0.1) is 12.0 Å². The third-order valence-electron chi connectivity index (χ3n) is 3.49. The Balaban J connectivity index is 1.74. The summed E-state index contributed by atoms with van der Waals surface area (Å²) in [5.41, 5.74) is 1.45. The van der Waals surface area contributed by atoms with Crippen molar-refractivity contribution < 1.29 is 9.18 Å². The Morgan fingerprint density at radius 3 is 2.64 bits per heavy atom. The van der Waals surface area contributed by atoms with Crippen LogP contribution in [-0.4, -0.2) is 20.4 Å². The van der Waals surface area contributed by atoms with Gasteiger partial charge in [-0.15, -0.1) is 0 Å². The second-order valence-corrected chi connectivity index (χ2v) is 5.46. The number of aromatic nitrogens is 3. The van der Waals surface area contributed by atoms with Gasteiger partial charge in [-0.25, -0.2) is 14.4 Å². The largest absolute Gasteiger partial charge is 0.309 e. The smallest absolute Gasteiger partial charge is 0.254 e. The minimum absolute atomic E-state index is 0.175. The Bertz CT molecular complexity index is 967. The molecule has 0 saturated carbocycles. The number of hydrogen-bond donors (Lipinski definition) is 1. The molecule has 6 nitrogen and oxygen atoms in total. The molecule has 0 fully saturated rings. The van der Waals surface area contributed by atoms with Crippen LogP contribution < -0.4 is 10.9 Å². The highest BCUT2D eigenvalue weighted by Gasteiger charge is 2.08. The molecule has 126 valence electrons. The summed E-state index contributed by atoms with van der Waals surface area (Å²) in [5.74, 6) is -0.316. The summed E-state index contributed by atoms with van der Waals surface area (Å²) in [6.07, 6.45) is 1.30. The molecule has 7 heteroatoms. The van der Waals surface area contributed by atoms with E-state index in [0.29, 0.717) is 17.1 Å². The summed E-state index contributed by atoms with van der Waals surface area (Å²) in [4.78, 5) is 32.6. The van der Waals surface area contributed by atoms with Crippen molar-refractivity contribution in [1.82, 2.24) is 14.5 Å². The highest BCUT2D eigenvalue weighted by Crippen LogP contribution is 2.15. The van der Waals surface area contributed by atoms with Gasteiger partial charge in [0.1, 0.15) is 18.2 Å². The van der Waals surface area contributed by atoms with Gasteiger partial charge in [0.15, 0.2) is 0 Å². The Morgan fingerprint density at radius 1 is 1.20 bits per heavy atom. The van der Waals surface area contributed by atoms with Gasteiger partial charge in [-0.3, -0.25) is 14.2 Å². The third kappa shape index (κ3) is 4.14. The number of halogens is 1. The molecule has 2 aromatic heterocycles. The molecule has 3 aromatic rings. The maximum atomic E-state index is 13.0. The fourth-order valence-electron chi connectivity index (χ4n) is 2.27. The second-order valence-electron chi connectivity index (χ2n) is 5.46. The summed E-state index contributed by atoms with van der Waals surface area (Å²) in [7, 11) is 0. The second kappa shape index (κ2) is 7.04. The molecule has 0 bridgehead atoms. The van der Waals surface area contributed by atoms with Crippen molar-refractivity contribution >= 4 is 11.7 Å². The topological polar surface area (TPSA) is 76.9 Å². The van der Waals surface area contributed by atoms with Crippen molar-refractivity contribution in [2.75, 3.05) is 5.32 Å². The quantitative estimate of drug-likeness (QED) is 0.792. The predicted octanol–water partition coefficient (Wildman–Crippen LogP) is 2.39. The molecule has 25 heavy (non-hydrogen) atoms. The van der Waals surface area contributed by atoms with Crippen LogP contribution in [0.1, 0.15) is 5.69 Å². The minimum atomic E-state index is -0.378. The molecule has 1 amide bonds. The first-order valence-corrected chi connectivity index (χ1v) is 7.57. The maximum absolute atomic E-state index is 13.0. The zero-order valence-electron chi connectivity index (χ0n) is 13.4. The molecule has 0 aliphatic carbocycles. The summed E-state index contributed by atoms with van der Waals surface area (Å²) < 4.78 is 14.1. The number of nitrogens with one attached hydrogen (secondary N) is 1. The molecule has 0 saturated heterocycles. The molecule has 0 aliphatic rings. The number of hydrogen-bond acceptors (Lipinski definition) is 4. The molecular weight excluding hydrogens is 323 g/mol. The molecule has 1 N–H and O–H groups in total. The normalized spacial score (nSPS) is 10.5. The number of rotatable bonds is 4. The van der Waals surface area contributed by atoms with Crippen LogP contribution in [0.5, 0.6) is 0 Å². The van der Waals surface area contributed by atoms with Crippen molar-refractivity contribution in [1.29, 1.82) is 0 Å². The molecule has 2 heterocycles. The van der Waals surface area contributed by atoms with Crippen molar-refractivity contribution in [2.24, 2.45) is 0 Å². The van der Waals surface area contributed by atoms with Crippen molar-refractivity contribution in [3.8, 4) is 11.3 Å². The standard InChI is InChI=1S/C18H15FN4O2/c1-12-3-2-4-16(21-12)22-17(24)10-23-11-20-15(9-18(23)25)13-5-7-14(19)8-6-13/h2-9,11H,10H2,1H3,(H,21,22,24). The number of aryl methyl sites for hydroxylation is 1. The average Bonchev–Trinajstić information content (AvgIpc) is 2.57. The lowest BCUT2D eigenvalue weighted by atomic mass is 10.1. The molecule has 1 aromatic carbocycles. The van der Waals surface area contributed by atoms with Crippen LogP contribution in [0.2, 0.25) is 0 Å². The number of benzene rings is 1. The van der Waals surface area contributed by atoms with E-state index in [0.717, 1.165) is 5.69 Å². The third-order valence-corrected chi connectivity index (χ3v) is 3.49. The average molecular weight is 338 g/mol. The monoisotopic (exact) mass is 338 g/mol. The van der Waals surface area contributed by atoms with E-state index in [9.17, 15) is 14.0 Å². The molecule has 3 rings (SSSR count). The van der Waals surface area contributed by atoms with Crippen molar-refractivity contribution in [3.05, 3.63) is 76.7 Å². The molecule has 0 radical (unpaired) electrons.